The second kappa shape index (κ2) is 7.44. The Hall–Kier alpha value is -3.29. The van der Waals surface area contributed by atoms with Gasteiger partial charge >= 0.3 is 0 Å². The van der Waals surface area contributed by atoms with Crippen LogP contribution in [-0.2, 0) is 14.3 Å². The van der Waals surface area contributed by atoms with E-state index in [2.05, 4.69) is 15.6 Å². The fraction of sp³-hybridized carbons (Fsp3) is 0.292. The van der Waals surface area contributed by atoms with E-state index >= 15 is 0 Å². The molecule has 0 saturated carbocycles. The molecule has 1 atom stereocenters. The number of carbonyl (C=O) groups is 1. The molecule has 1 saturated heterocycles. The molecule has 2 aromatic carbocycles. The molecule has 7 nitrogen and oxygen atoms in total. The number of carbonyl (C=O) groups excluding carboxylic acids is 1. The minimum Gasteiger partial charge on any atom is -0.497 e. The van der Waals surface area contributed by atoms with Crippen LogP contribution >= 0.6 is 0 Å². The van der Waals surface area contributed by atoms with Crippen LogP contribution < -0.4 is 15.4 Å². The number of nitrogens with one attached hydrogen (secondary N) is 3. The topological polar surface area (TPSA) is 84.6 Å². The molecule has 2 aliphatic rings. The van der Waals surface area contributed by atoms with Crippen molar-refractivity contribution < 1.29 is 19.0 Å². The zero-order valence-electron chi connectivity index (χ0n) is 17.7. The minimum absolute atomic E-state index is 0.0146. The standard InChI is InChI=1S/C24H25N3O4/c1-24(2)30-13-17(31-24)12-25-15-4-6-22-19(9-15)20(23(28)27-22)8-14-11-26-21-7-5-16(29-3)10-18(14)21/h4-11,17,25-26H,12-13H2,1-3H3,(H,27,28). The first-order valence-electron chi connectivity index (χ1n) is 10.3. The van der Waals surface area contributed by atoms with Gasteiger partial charge in [-0.3, -0.25) is 4.79 Å². The Kier molecular flexibility index (Phi) is 4.72. The lowest BCUT2D eigenvalue weighted by Gasteiger charge is -2.17. The van der Waals surface area contributed by atoms with Gasteiger partial charge in [0, 0.05) is 51.7 Å². The van der Waals surface area contributed by atoms with Gasteiger partial charge < -0.3 is 29.8 Å². The zero-order valence-corrected chi connectivity index (χ0v) is 17.7. The summed E-state index contributed by atoms with van der Waals surface area (Å²) in [5.74, 6) is 0.118. The molecule has 2 aliphatic heterocycles. The highest BCUT2D eigenvalue weighted by molar-refractivity contribution is 6.35. The normalized spacial score (nSPS) is 20.8. The SMILES string of the molecule is COc1ccc2[nH]cc(C=C3C(=O)Nc4ccc(NCC5COC(C)(C)O5)cc43)c2c1. The molecule has 3 N–H and O–H groups in total. The smallest absolute Gasteiger partial charge is 0.256 e. The minimum atomic E-state index is -0.543. The van der Waals surface area contributed by atoms with Crippen molar-refractivity contribution >= 4 is 39.8 Å². The van der Waals surface area contributed by atoms with Gasteiger partial charge in [0.1, 0.15) is 11.9 Å². The van der Waals surface area contributed by atoms with Crippen molar-refractivity contribution in [3.8, 4) is 5.75 Å². The lowest BCUT2D eigenvalue weighted by Crippen LogP contribution is -2.26. The second-order valence-electron chi connectivity index (χ2n) is 8.26. The quantitative estimate of drug-likeness (QED) is 0.539. The Morgan fingerprint density at radius 3 is 2.90 bits per heavy atom. The monoisotopic (exact) mass is 419 g/mol. The highest BCUT2D eigenvalue weighted by Crippen LogP contribution is 2.36. The highest BCUT2D eigenvalue weighted by atomic mass is 16.7. The molecule has 1 amide bonds. The number of fused-ring (bicyclic) bond motifs is 2. The first-order valence-corrected chi connectivity index (χ1v) is 10.3. The number of methoxy groups -OCH3 is 1. The van der Waals surface area contributed by atoms with E-state index in [1.54, 1.807) is 7.11 Å². The molecule has 3 heterocycles. The predicted octanol–water partition coefficient (Wildman–Crippen LogP) is 4.23. The number of ether oxygens (including phenoxy) is 3. The summed E-state index contributed by atoms with van der Waals surface area (Å²) in [6, 6.07) is 11.7. The van der Waals surface area contributed by atoms with E-state index in [1.165, 1.54) is 0 Å². The Morgan fingerprint density at radius 2 is 2.13 bits per heavy atom. The Morgan fingerprint density at radius 1 is 1.26 bits per heavy atom. The van der Waals surface area contributed by atoms with Crippen LogP contribution in [0.4, 0.5) is 11.4 Å². The number of aromatic amines is 1. The van der Waals surface area contributed by atoms with Crippen LogP contribution in [0.2, 0.25) is 0 Å². The average molecular weight is 419 g/mol. The molecular formula is C24H25N3O4. The largest absolute Gasteiger partial charge is 0.497 e. The second-order valence-corrected chi connectivity index (χ2v) is 8.26. The van der Waals surface area contributed by atoms with Crippen molar-refractivity contribution in [2.75, 3.05) is 30.9 Å². The van der Waals surface area contributed by atoms with Crippen molar-refractivity contribution in [2.45, 2.75) is 25.7 Å². The molecule has 0 aliphatic carbocycles. The number of benzene rings is 2. The van der Waals surface area contributed by atoms with Crippen molar-refractivity contribution in [3.05, 3.63) is 53.7 Å². The molecule has 1 unspecified atom stereocenters. The lowest BCUT2D eigenvalue weighted by molar-refractivity contribution is -0.136. The van der Waals surface area contributed by atoms with E-state index in [0.717, 1.165) is 39.2 Å². The first kappa shape index (κ1) is 19.7. The molecule has 0 bridgehead atoms. The summed E-state index contributed by atoms with van der Waals surface area (Å²) < 4.78 is 16.8. The first-order chi connectivity index (χ1) is 14.9. The van der Waals surface area contributed by atoms with Gasteiger partial charge in [0.2, 0.25) is 0 Å². The average Bonchev–Trinajstić information content (AvgIpc) is 3.41. The van der Waals surface area contributed by atoms with Crippen LogP contribution in [0.1, 0.15) is 25.0 Å². The lowest BCUT2D eigenvalue weighted by atomic mass is 10.0. The fourth-order valence-electron chi connectivity index (χ4n) is 4.06. The van der Waals surface area contributed by atoms with Crippen LogP contribution in [-0.4, -0.2) is 43.0 Å². The number of hydrogen-bond acceptors (Lipinski definition) is 5. The van der Waals surface area contributed by atoms with Crippen molar-refractivity contribution in [2.24, 2.45) is 0 Å². The number of aromatic nitrogens is 1. The van der Waals surface area contributed by atoms with E-state index < -0.39 is 5.79 Å². The van der Waals surface area contributed by atoms with E-state index in [9.17, 15) is 4.79 Å². The van der Waals surface area contributed by atoms with Crippen molar-refractivity contribution in [3.63, 3.8) is 0 Å². The Balaban J connectivity index is 1.42. The van der Waals surface area contributed by atoms with Crippen molar-refractivity contribution in [1.29, 1.82) is 0 Å². The third kappa shape index (κ3) is 3.78. The van der Waals surface area contributed by atoms with E-state index in [1.807, 2.05) is 62.5 Å². The molecule has 5 rings (SSSR count). The zero-order chi connectivity index (χ0) is 21.6. The summed E-state index contributed by atoms with van der Waals surface area (Å²) in [5.41, 5.74) is 5.16. The van der Waals surface area contributed by atoms with E-state index in [4.69, 9.17) is 14.2 Å². The molecular weight excluding hydrogens is 394 g/mol. The fourth-order valence-corrected chi connectivity index (χ4v) is 4.06. The molecule has 1 fully saturated rings. The number of amides is 1. The molecule has 3 aromatic rings. The maximum atomic E-state index is 12.7. The molecule has 1 aromatic heterocycles. The van der Waals surface area contributed by atoms with Gasteiger partial charge in [-0.05, 0) is 56.3 Å². The van der Waals surface area contributed by atoms with E-state index in [0.29, 0.717) is 18.7 Å². The summed E-state index contributed by atoms with van der Waals surface area (Å²) in [6.45, 7) is 5.01. The van der Waals surface area contributed by atoms with Crippen LogP contribution in [0.25, 0.3) is 22.6 Å². The number of rotatable bonds is 5. The van der Waals surface area contributed by atoms with Gasteiger partial charge in [0.05, 0.1) is 13.7 Å². The summed E-state index contributed by atoms with van der Waals surface area (Å²) in [7, 11) is 1.64. The van der Waals surface area contributed by atoms with Crippen molar-refractivity contribution in [1.82, 2.24) is 4.98 Å². The summed E-state index contributed by atoms with van der Waals surface area (Å²) >= 11 is 0. The Labute approximate surface area is 180 Å². The summed E-state index contributed by atoms with van der Waals surface area (Å²) in [6.07, 6.45) is 3.81. The summed E-state index contributed by atoms with van der Waals surface area (Å²) in [5, 5.41) is 7.35. The van der Waals surface area contributed by atoms with E-state index in [-0.39, 0.29) is 12.0 Å². The van der Waals surface area contributed by atoms with Gasteiger partial charge in [-0.25, -0.2) is 0 Å². The molecule has 0 spiro atoms. The highest BCUT2D eigenvalue weighted by Gasteiger charge is 2.32. The number of hydrogen-bond donors (Lipinski definition) is 3. The molecule has 0 radical (unpaired) electrons. The third-order valence-corrected chi connectivity index (χ3v) is 5.62. The van der Waals surface area contributed by atoms with Gasteiger partial charge in [-0.15, -0.1) is 0 Å². The number of H-pyrrole nitrogens is 1. The van der Waals surface area contributed by atoms with Gasteiger partial charge in [-0.2, -0.15) is 0 Å². The third-order valence-electron chi connectivity index (χ3n) is 5.62. The Bertz CT molecular complexity index is 1190. The molecule has 160 valence electrons. The van der Waals surface area contributed by atoms with Crippen LogP contribution in [0, 0.1) is 0 Å². The molecule has 7 heteroatoms. The maximum absolute atomic E-state index is 12.7. The van der Waals surface area contributed by atoms with Gasteiger partial charge in [0.25, 0.3) is 5.91 Å². The number of anilines is 2. The van der Waals surface area contributed by atoms with Crippen LogP contribution in [0.15, 0.2) is 42.6 Å². The van der Waals surface area contributed by atoms with Crippen LogP contribution in [0.5, 0.6) is 5.75 Å². The summed E-state index contributed by atoms with van der Waals surface area (Å²) in [4.78, 5) is 15.9. The predicted molar refractivity (Wildman–Crippen MR) is 121 cm³/mol. The van der Waals surface area contributed by atoms with Gasteiger partial charge in [-0.1, -0.05) is 0 Å². The van der Waals surface area contributed by atoms with Crippen LogP contribution in [0.3, 0.4) is 0 Å². The molecule has 31 heavy (non-hydrogen) atoms. The maximum Gasteiger partial charge on any atom is 0.256 e. The van der Waals surface area contributed by atoms with Gasteiger partial charge in [0.15, 0.2) is 5.79 Å².